The van der Waals surface area contributed by atoms with E-state index in [1.54, 1.807) is 54.6 Å². The maximum absolute atomic E-state index is 13.4. The lowest BCUT2D eigenvalue weighted by Gasteiger charge is -2.16. The van der Waals surface area contributed by atoms with Crippen molar-refractivity contribution in [2.24, 2.45) is 19.1 Å². The van der Waals surface area contributed by atoms with Gasteiger partial charge in [0.05, 0.1) is 11.4 Å². The van der Waals surface area contributed by atoms with Gasteiger partial charge in [-0.3, -0.25) is 28.3 Å². The summed E-state index contributed by atoms with van der Waals surface area (Å²) < 4.78 is 3.26. The van der Waals surface area contributed by atoms with E-state index in [0.717, 1.165) is 9.13 Å². The summed E-state index contributed by atoms with van der Waals surface area (Å²) in [6, 6.07) is 15.3. The van der Waals surface area contributed by atoms with E-state index in [0.29, 0.717) is 16.9 Å². The van der Waals surface area contributed by atoms with Crippen LogP contribution in [-0.4, -0.2) is 25.0 Å². The highest BCUT2D eigenvalue weighted by atomic mass is 16.3. The summed E-state index contributed by atoms with van der Waals surface area (Å²) in [5, 5.41) is 10.8. The molecule has 0 aliphatic heterocycles. The Labute approximate surface area is 182 Å². The van der Waals surface area contributed by atoms with Crippen LogP contribution in [0.4, 0.5) is 5.69 Å². The van der Waals surface area contributed by atoms with Crippen molar-refractivity contribution >= 4 is 22.9 Å². The number of terminal acetylenes is 1. The fourth-order valence-corrected chi connectivity index (χ4v) is 3.47. The summed E-state index contributed by atoms with van der Waals surface area (Å²) in [5.41, 5.74) is -0.567. The van der Waals surface area contributed by atoms with Gasteiger partial charge in [-0.15, -0.1) is 6.42 Å². The first-order valence-electron chi connectivity index (χ1n) is 9.59. The number of pyridine rings is 1. The Morgan fingerprint density at radius 3 is 2.22 bits per heavy atom. The predicted octanol–water partition coefficient (Wildman–Crippen LogP) is 1.83. The zero-order chi connectivity index (χ0) is 23.0. The van der Waals surface area contributed by atoms with Crippen molar-refractivity contribution < 1.29 is 5.11 Å². The number of hydrogen-bond acceptors (Lipinski definition) is 5. The number of rotatable bonds is 3. The van der Waals surface area contributed by atoms with E-state index < -0.39 is 22.6 Å². The molecule has 2 heterocycles. The summed E-state index contributed by atoms with van der Waals surface area (Å²) in [5.74, 6) is 1.96. The maximum Gasteiger partial charge on any atom is 0.332 e. The van der Waals surface area contributed by atoms with Crippen LogP contribution in [0.5, 0.6) is 5.75 Å². The summed E-state index contributed by atoms with van der Waals surface area (Å²) in [4.78, 5) is 43.2. The van der Waals surface area contributed by atoms with Gasteiger partial charge in [-0.25, -0.2) is 4.79 Å². The molecule has 0 bridgehead atoms. The molecule has 2 aromatic heterocycles. The average Bonchev–Trinajstić information content (AvgIpc) is 2.82. The Morgan fingerprint density at radius 2 is 1.59 bits per heavy atom. The van der Waals surface area contributed by atoms with Crippen LogP contribution < -0.4 is 16.8 Å². The third-order valence-corrected chi connectivity index (χ3v) is 5.16. The van der Waals surface area contributed by atoms with Gasteiger partial charge in [-0.1, -0.05) is 24.1 Å². The highest BCUT2D eigenvalue weighted by Gasteiger charge is 2.22. The zero-order valence-corrected chi connectivity index (χ0v) is 17.3. The van der Waals surface area contributed by atoms with E-state index >= 15 is 0 Å². The Morgan fingerprint density at radius 1 is 0.938 bits per heavy atom. The third-order valence-electron chi connectivity index (χ3n) is 5.16. The molecule has 0 aliphatic carbocycles. The number of aryl methyl sites for hydroxylation is 1. The first-order chi connectivity index (χ1) is 15.3. The molecule has 0 unspecified atom stereocenters. The molecule has 0 aliphatic rings. The van der Waals surface area contributed by atoms with Crippen LogP contribution >= 0.6 is 0 Å². The number of hydrogen-bond donors (Lipinski definition) is 1. The number of fused-ring (bicyclic) bond motifs is 1. The standard InChI is InChI=1S/C24H18N4O4/c1-4-15-10-12-16(13-11-15)25-14-18-20(29)19-21(26(2)24(32)27(3)23(19)31)28(22(18)30)17-8-6-5-7-9-17/h1,5-14,29H,2-3H3. The second kappa shape index (κ2) is 7.89. The molecule has 0 amide bonds. The first kappa shape index (κ1) is 20.6. The van der Waals surface area contributed by atoms with Crippen molar-refractivity contribution in [3.05, 3.63) is 96.9 Å². The van der Waals surface area contributed by atoms with Crippen molar-refractivity contribution in [1.82, 2.24) is 13.7 Å². The number of aromatic hydroxyl groups is 1. The molecule has 158 valence electrons. The topological polar surface area (TPSA) is 98.6 Å². The summed E-state index contributed by atoms with van der Waals surface area (Å²) >= 11 is 0. The Kier molecular flexibility index (Phi) is 5.08. The minimum Gasteiger partial charge on any atom is -0.506 e. The monoisotopic (exact) mass is 426 g/mol. The largest absolute Gasteiger partial charge is 0.506 e. The summed E-state index contributed by atoms with van der Waals surface area (Å²) in [6.45, 7) is 0. The van der Waals surface area contributed by atoms with Crippen LogP contribution in [0.3, 0.4) is 0 Å². The molecule has 32 heavy (non-hydrogen) atoms. The van der Waals surface area contributed by atoms with Crippen LogP contribution in [-0.2, 0) is 14.1 Å². The van der Waals surface area contributed by atoms with Gasteiger partial charge in [0.2, 0.25) is 0 Å². The van der Waals surface area contributed by atoms with E-state index in [1.165, 1.54) is 24.9 Å². The van der Waals surface area contributed by atoms with Crippen molar-refractivity contribution in [3.8, 4) is 23.8 Å². The van der Waals surface area contributed by atoms with Crippen LogP contribution in [0.1, 0.15) is 11.1 Å². The van der Waals surface area contributed by atoms with Gasteiger partial charge in [0.25, 0.3) is 11.1 Å². The van der Waals surface area contributed by atoms with Crippen molar-refractivity contribution in [2.75, 3.05) is 0 Å². The number of aliphatic imine (C=N–C) groups is 1. The van der Waals surface area contributed by atoms with Gasteiger partial charge < -0.3 is 5.11 Å². The highest BCUT2D eigenvalue weighted by molar-refractivity contribution is 5.95. The lowest BCUT2D eigenvalue weighted by atomic mass is 10.1. The van der Waals surface area contributed by atoms with Gasteiger partial charge in [0.1, 0.15) is 22.3 Å². The van der Waals surface area contributed by atoms with E-state index in [1.807, 2.05) is 0 Å². The lowest BCUT2D eigenvalue weighted by molar-refractivity contribution is 0.477. The Bertz CT molecular complexity index is 1600. The number of para-hydroxylation sites is 1. The quantitative estimate of drug-likeness (QED) is 0.399. The van der Waals surface area contributed by atoms with Crippen molar-refractivity contribution in [2.45, 2.75) is 0 Å². The van der Waals surface area contributed by atoms with Crippen molar-refractivity contribution in [1.29, 1.82) is 0 Å². The molecule has 8 heteroatoms. The molecule has 0 atom stereocenters. The zero-order valence-electron chi connectivity index (χ0n) is 17.3. The minimum absolute atomic E-state index is 0.0117. The van der Waals surface area contributed by atoms with Gasteiger partial charge in [0, 0.05) is 25.9 Å². The maximum atomic E-state index is 13.4. The minimum atomic E-state index is -0.724. The van der Waals surface area contributed by atoms with Gasteiger partial charge >= 0.3 is 5.69 Å². The van der Waals surface area contributed by atoms with Crippen LogP contribution in [0, 0.1) is 12.3 Å². The first-order valence-corrected chi connectivity index (χ1v) is 9.59. The molecular weight excluding hydrogens is 408 g/mol. The molecule has 1 N–H and O–H groups in total. The van der Waals surface area contributed by atoms with Crippen LogP contribution in [0.25, 0.3) is 16.7 Å². The molecule has 0 radical (unpaired) electrons. The third kappa shape index (κ3) is 3.22. The predicted molar refractivity (Wildman–Crippen MR) is 123 cm³/mol. The van der Waals surface area contributed by atoms with Gasteiger partial charge in [-0.05, 0) is 36.4 Å². The number of benzene rings is 2. The van der Waals surface area contributed by atoms with E-state index in [-0.39, 0.29) is 16.6 Å². The van der Waals surface area contributed by atoms with E-state index in [2.05, 4.69) is 10.9 Å². The summed E-state index contributed by atoms with van der Waals surface area (Å²) in [6.07, 6.45) is 6.56. The van der Waals surface area contributed by atoms with Crippen molar-refractivity contribution in [3.63, 3.8) is 0 Å². The van der Waals surface area contributed by atoms with Gasteiger partial charge in [0.15, 0.2) is 0 Å². The fourth-order valence-electron chi connectivity index (χ4n) is 3.47. The Balaban J connectivity index is 2.10. The molecule has 4 rings (SSSR count). The smallest absolute Gasteiger partial charge is 0.332 e. The average molecular weight is 426 g/mol. The molecular formula is C24H18N4O4. The van der Waals surface area contributed by atoms with Crippen LogP contribution in [0.15, 0.2) is 74.0 Å². The SMILES string of the molecule is C#Cc1ccc(N=Cc2c(O)c3c(=O)n(C)c(=O)n(C)c3n(-c3ccccc3)c2=O)cc1. The number of nitrogens with zero attached hydrogens (tertiary/aromatic N) is 4. The second-order valence-corrected chi connectivity index (χ2v) is 7.09. The Hall–Kier alpha value is -4.64. The molecule has 2 aromatic carbocycles. The molecule has 0 fully saturated rings. The molecule has 0 spiro atoms. The van der Waals surface area contributed by atoms with E-state index in [9.17, 15) is 19.5 Å². The summed E-state index contributed by atoms with van der Waals surface area (Å²) in [7, 11) is 2.74. The molecule has 0 saturated heterocycles. The molecule has 0 saturated carbocycles. The molecule has 4 aromatic rings. The lowest BCUT2D eigenvalue weighted by Crippen LogP contribution is -2.40. The normalized spacial score (nSPS) is 11.2. The van der Waals surface area contributed by atoms with Crippen LogP contribution in [0.2, 0.25) is 0 Å². The highest BCUT2D eigenvalue weighted by Crippen LogP contribution is 2.24. The van der Waals surface area contributed by atoms with Gasteiger partial charge in [-0.2, -0.15) is 0 Å². The fraction of sp³-hybridized carbons (Fsp3) is 0.0833. The molecule has 8 nitrogen and oxygen atoms in total. The van der Waals surface area contributed by atoms with E-state index in [4.69, 9.17) is 6.42 Å². The second-order valence-electron chi connectivity index (χ2n) is 7.09. The number of aromatic nitrogens is 3.